The topological polar surface area (TPSA) is 115 Å². The summed E-state index contributed by atoms with van der Waals surface area (Å²) in [6.45, 7) is -0.0528. The first-order valence-electron chi connectivity index (χ1n) is 8.92. The molecule has 1 atom stereocenters. The third-order valence-corrected chi connectivity index (χ3v) is 4.43. The van der Waals surface area contributed by atoms with Gasteiger partial charge in [0.2, 0.25) is 5.91 Å². The van der Waals surface area contributed by atoms with Crippen LogP contribution in [-0.4, -0.2) is 48.9 Å². The number of nitrogens with one attached hydrogen (secondary N) is 1. The molecule has 2 amide bonds. The van der Waals surface area contributed by atoms with Crippen LogP contribution in [0, 0.1) is 5.92 Å². The van der Waals surface area contributed by atoms with Crippen LogP contribution in [0.3, 0.4) is 0 Å². The third-order valence-electron chi connectivity index (χ3n) is 4.43. The van der Waals surface area contributed by atoms with Gasteiger partial charge in [0.1, 0.15) is 5.76 Å². The highest BCUT2D eigenvalue weighted by Gasteiger charge is 2.35. The van der Waals surface area contributed by atoms with Crippen LogP contribution in [0.4, 0.5) is 5.69 Å². The molecule has 152 valence electrons. The lowest BCUT2D eigenvalue weighted by atomic mass is 10.1. The number of methoxy groups -OCH3 is 1. The Morgan fingerprint density at radius 2 is 2.00 bits per heavy atom. The number of rotatable bonds is 7. The number of anilines is 1. The highest BCUT2D eigenvalue weighted by molar-refractivity contribution is 6.02. The second-order valence-electron chi connectivity index (χ2n) is 6.45. The fourth-order valence-electron chi connectivity index (χ4n) is 2.99. The van der Waals surface area contributed by atoms with Crippen molar-refractivity contribution in [2.75, 3.05) is 25.6 Å². The summed E-state index contributed by atoms with van der Waals surface area (Å²) in [5, 5.41) is 2.51. The molecular formula is C20H20N2O7. The molecular weight excluding hydrogens is 380 g/mol. The number of carbonyl (C=O) groups excluding carboxylic acids is 4. The Morgan fingerprint density at radius 1 is 1.21 bits per heavy atom. The maximum absolute atomic E-state index is 12.2. The van der Waals surface area contributed by atoms with Gasteiger partial charge in [-0.15, -0.1) is 0 Å². The molecule has 0 spiro atoms. The first-order valence-corrected chi connectivity index (χ1v) is 8.92. The Balaban J connectivity index is 1.50. The lowest BCUT2D eigenvalue weighted by molar-refractivity contribution is -0.151. The number of carbonyl (C=O) groups is 4. The monoisotopic (exact) mass is 400 g/mol. The van der Waals surface area contributed by atoms with Crippen molar-refractivity contribution >= 4 is 29.4 Å². The van der Waals surface area contributed by atoms with Crippen molar-refractivity contribution in [3.05, 3.63) is 54.0 Å². The number of ether oxygens (including phenoxy) is 2. The average Bonchev–Trinajstić information content (AvgIpc) is 3.36. The molecule has 1 aliphatic heterocycles. The Morgan fingerprint density at radius 3 is 2.72 bits per heavy atom. The minimum atomic E-state index is -0.646. The van der Waals surface area contributed by atoms with E-state index in [0.717, 1.165) is 0 Å². The summed E-state index contributed by atoms with van der Waals surface area (Å²) in [7, 11) is 1.24. The zero-order chi connectivity index (χ0) is 20.8. The molecule has 1 fully saturated rings. The molecule has 9 heteroatoms. The summed E-state index contributed by atoms with van der Waals surface area (Å²) in [4.78, 5) is 49.7. The van der Waals surface area contributed by atoms with Gasteiger partial charge in [-0.05, 0) is 24.3 Å². The van der Waals surface area contributed by atoms with Crippen molar-refractivity contribution in [3.8, 4) is 0 Å². The molecule has 9 nitrogen and oxygen atoms in total. The Labute approximate surface area is 166 Å². The van der Waals surface area contributed by atoms with Gasteiger partial charge in [0.05, 0.1) is 37.1 Å². The quantitative estimate of drug-likeness (QED) is 0.702. The van der Waals surface area contributed by atoms with Crippen LogP contribution in [0.2, 0.25) is 0 Å². The number of amides is 2. The van der Waals surface area contributed by atoms with Crippen molar-refractivity contribution < 1.29 is 33.1 Å². The van der Waals surface area contributed by atoms with E-state index in [-0.39, 0.29) is 36.7 Å². The number of hydrogen-bond donors (Lipinski definition) is 1. The molecule has 1 aliphatic rings. The van der Waals surface area contributed by atoms with Crippen LogP contribution >= 0.6 is 0 Å². The van der Waals surface area contributed by atoms with Crippen LogP contribution in [0.15, 0.2) is 47.1 Å². The zero-order valence-electron chi connectivity index (χ0n) is 15.8. The molecule has 0 aliphatic carbocycles. The van der Waals surface area contributed by atoms with Gasteiger partial charge >= 0.3 is 11.9 Å². The summed E-state index contributed by atoms with van der Waals surface area (Å²) in [5.41, 5.74) is 0.436. The van der Waals surface area contributed by atoms with Crippen LogP contribution in [-0.2, 0) is 30.4 Å². The average molecular weight is 400 g/mol. The molecule has 3 rings (SSSR count). The Bertz CT molecular complexity index is 907. The van der Waals surface area contributed by atoms with Crippen molar-refractivity contribution in [1.29, 1.82) is 0 Å². The van der Waals surface area contributed by atoms with Gasteiger partial charge in [0.15, 0.2) is 6.61 Å². The van der Waals surface area contributed by atoms with Gasteiger partial charge in [-0.1, -0.05) is 12.1 Å². The number of nitrogens with zero attached hydrogens (tertiary/aromatic N) is 1. The van der Waals surface area contributed by atoms with Crippen LogP contribution < -0.4 is 5.32 Å². The number of furan rings is 1. The van der Waals surface area contributed by atoms with Crippen molar-refractivity contribution in [3.63, 3.8) is 0 Å². The van der Waals surface area contributed by atoms with Crippen molar-refractivity contribution in [1.82, 2.24) is 4.90 Å². The highest BCUT2D eigenvalue weighted by Crippen LogP contribution is 2.22. The molecule has 2 heterocycles. The molecule has 0 bridgehead atoms. The van der Waals surface area contributed by atoms with Gasteiger partial charge in [-0.2, -0.15) is 0 Å². The molecule has 0 saturated carbocycles. The number of para-hydroxylation sites is 1. The summed E-state index contributed by atoms with van der Waals surface area (Å²) in [6, 6.07) is 9.78. The van der Waals surface area contributed by atoms with E-state index in [2.05, 4.69) is 10.1 Å². The van der Waals surface area contributed by atoms with Crippen LogP contribution in [0.25, 0.3) is 0 Å². The number of benzene rings is 1. The fourth-order valence-corrected chi connectivity index (χ4v) is 2.99. The number of hydrogen-bond acceptors (Lipinski definition) is 7. The van der Waals surface area contributed by atoms with E-state index in [1.807, 2.05) is 0 Å². The SMILES string of the molecule is COC(=O)c1ccccc1NC(=O)COC(=O)[C@@H]1CC(=O)N(Cc2ccco2)C1. The van der Waals surface area contributed by atoms with E-state index in [1.165, 1.54) is 30.4 Å². The summed E-state index contributed by atoms with van der Waals surface area (Å²) in [6.07, 6.45) is 1.53. The summed E-state index contributed by atoms with van der Waals surface area (Å²) < 4.78 is 14.9. The van der Waals surface area contributed by atoms with Gasteiger partial charge in [-0.3, -0.25) is 14.4 Å². The molecule has 1 N–H and O–H groups in total. The van der Waals surface area contributed by atoms with E-state index in [4.69, 9.17) is 9.15 Å². The Kier molecular flexibility index (Phi) is 6.28. The second-order valence-corrected chi connectivity index (χ2v) is 6.45. The highest BCUT2D eigenvalue weighted by atomic mass is 16.5. The molecule has 1 aromatic carbocycles. The predicted molar refractivity (Wildman–Crippen MR) is 99.6 cm³/mol. The Hall–Kier alpha value is -3.62. The number of esters is 2. The molecule has 0 unspecified atom stereocenters. The van der Waals surface area contributed by atoms with E-state index < -0.39 is 30.4 Å². The number of likely N-dealkylation sites (tertiary alicyclic amines) is 1. The second kappa shape index (κ2) is 9.05. The molecule has 2 aromatic rings. The maximum Gasteiger partial charge on any atom is 0.339 e. The molecule has 1 aromatic heterocycles. The first-order chi connectivity index (χ1) is 14.0. The maximum atomic E-state index is 12.2. The standard InChI is InChI=1S/C20H20N2O7/c1-27-20(26)15-6-2-3-7-16(15)21-17(23)12-29-19(25)13-9-18(24)22(10-13)11-14-5-4-8-28-14/h2-8,13H,9-12H2,1H3,(H,21,23)/t13-/m1/s1. The smallest absolute Gasteiger partial charge is 0.339 e. The lowest BCUT2D eigenvalue weighted by Gasteiger charge is -2.15. The zero-order valence-corrected chi connectivity index (χ0v) is 15.8. The summed E-state index contributed by atoms with van der Waals surface area (Å²) in [5.74, 6) is -2.04. The minimum absolute atomic E-state index is 0.0202. The van der Waals surface area contributed by atoms with Crippen LogP contribution in [0.5, 0.6) is 0 Å². The van der Waals surface area contributed by atoms with Crippen molar-refractivity contribution in [2.24, 2.45) is 5.92 Å². The van der Waals surface area contributed by atoms with E-state index in [9.17, 15) is 19.2 Å². The summed E-state index contributed by atoms with van der Waals surface area (Å²) >= 11 is 0. The van der Waals surface area contributed by atoms with Crippen LogP contribution in [0.1, 0.15) is 22.5 Å². The van der Waals surface area contributed by atoms with E-state index >= 15 is 0 Å². The van der Waals surface area contributed by atoms with Gasteiger partial charge in [0, 0.05) is 13.0 Å². The van der Waals surface area contributed by atoms with Crippen molar-refractivity contribution in [2.45, 2.75) is 13.0 Å². The van der Waals surface area contributed by atoms with Gasteiger partial charge in [0.25, 0.3) is 5.91 Å². The third kappa shape index (κ3) is 5.01. The minimum Gasteiger partial charge on any atom is -0.467 e. The molecule has 1 saturated heterocycles. The normalized spacial score (nSPS) is 15.8. The molecule has 29 heavy (non-hydrogen) atoms. The van der Waals surface area contributed by atoms with E-state index in [1.54, 1.807) is 24.3 Å². The lowest BCUT2D eigenvalue weighted by Crippen LogP contribution is -2.28. The fraction of sp³-hybridized carbons (Fsp3) is 0.300. The predicted octanol–water partition coefficient (Wildman–Crippen LogP) is 1.60. The van der Waals surface area contributed by atoms with Gasteiger partial charge in [-0.25, -0.2) is 4.79 Å². The van der Waals surface area contributed by atoms with E-state index in [0.29, 0.717) is 5.76 Å². The largest absolute Gasteiger partial charge is 0.467 e. The first kappa shape index (κ1) is 20.1. The molecule has 0 radical (unpaired) electrons. The van der Waals surface area contributed by atoms with Gasteiger partial charge < -0.3 is 24.1 Å².